The standard InChI is InChI=1S/C15H23N5O/c1-11-8-19(6-7-20(11)9-15(2,3)21)14-12-4-5-16-13(12)17-10-18-14/h4-5,10-11,21H,6-9H2,1-3H3,(H,16,17,18). The molecule has 0 aliphatic carbocycles. The Hall–Kier alpha value is -1.66. The minimum Gasteiger partial charge on any atom is -0.389 e. The Morgan fingerprint density at radius 1 is 1.38 bits per heavy atom. The van der Waals surface area contributed by atoms with E-state index in [2.05, 4.69) is 31.7 Å². The molecule has 6 nitrogen and oxygen atoms in total. The Morgan fingerprint density at radius 2 is 2.19 bits per heavy atom. The van der Waals surface area contributed by atoms with Crippen molar-refractivity contribution in [2.45, 2.75) is 32.4 Å². The van der Waals surface area contributed by atoms with Crippen molar-refractivity contribution in [3.05, 3.63) is 18.6 Å². The number of rotatable bonds is 3. The summed E-state index contributed by atoms with van der Waals surface area (Å²) in [6, 6.07) is 2.41. The summed E-state index contributed by atoms with van der Waals surface area (Å²) in [4.78, 5) is 16.5. The number of hydrogen-bond donors (Lipinski definition) is 2. The van der Waals surface area contributed by atoms with E-state index in [0.29, 0.717) is 12.6 Å². The number of nitrogens with one attached hydrogen (secondary N) is 1. The summed E-state index contributed by atoms with van der Waals surface area (Å²) in [5.74, 6) is 0.996. The number of β-amino-alcohol motifs (C(OH)–C–C–N with tert-alkyl or cyclic N) is 1. The largest absolute Gasteiger partial charge is 0.389 e. The fourth-order valence-electron chi connectivity index (χ4n) is 3.03. The molecule has 0 amide bonds. The number of piperazine rings is 1. The normalized spacial score (nSPS) is 21.1. The van der Waals surface area contributed by atoms with Crippen molar-refractivity contribution in [2.24, 2.45) is 0 Å². The van der Waals surface area contributed by atoms with Crippen LogP contribution in [-0.2, 0) is 0 Å². The summed E-state index contributed by atoms with van der Waals surface area (Å²) in [7, 11) is 0. The van der Waals surface area contributed by atoms with Crippen LogP contribution in [0, 0.1) is 0 Å². The van der Waals surface area contributed by atoms with Crippen LogP contribution in [0.4, 0.5) is 5.82 Å². The van der Waals surface area contributed by atoms with E-state index >= 15 is 0 Å². The van der Waals surface area contributed by atoms with Crippen LogP contribution in [0.5, 0.6) is 0 Å². The molecule has 1 saturated heterocycles. The van der Waals surface area contributed by atoms with Gasteiger partial charge in [0.15, 0.2) is 0 Å². The Labute approximate surface area is 124 Å². The van der Waals surface area contributed by atoms with E-state index in [1.807, 2.05) is 26.1 Å². The molecule has 2 aromatic heterocycles. The maximum absolute atomic E-state index is 10.0. The van der Waals surface area contributed by atoms with Gasteiger partial charge in [0.05, 0.1) is 11.0 Å². The van der Waals surface area contributed by atoms with Crippen molar-refractivity contribution in [3.8, 4) is 0 Å². The first-order valence-corrected chi connectivity index (χ1v) is 7.43. The zero-order valence-corrected chi connectivity index (χ0v) is 12.9. The van der Waals surface area contributed by atoms with Crippen molar-refractivity contribution in [2.75, 3.05) is 31.1 Å². The Kier molecular flexibility index (Phi) is 3.59. The molecule has 2 N–H and O–H groups in total. The highest BCUT2D eigenvalue weighted by atomic mass is 16.3. The molecule has 3 heterocycles. The monoisotopic (exact) mass is 289 g/mol. The van der Waals surface area contributed by atoms with Crippen molar-refractivity contribution >= 4 is 16.9 Å². The first-order chi connectivity index (χ1) is 9.94. The average molecular weight is 289 g/mol. The molecule has 2 aromatic rings. The number of anilines is 1. The van der Waals surface area contributed by atoms with Crippen LogP contribution < -0.4 is 4.90 Å². The van der Waals surface area contributed by atoms with E-state index in [9.17, 15) is 5.11 Å². The minimum atomic E-state index is -0.654. The average Bonchev–Trinajstić information content (AvgIpc) is 2.88. The summed E-state index contributed by atoms with van der Waals surface area (Å²) >= 11 is 0. The van der Waals surface area contributed by atoms with Gasteiger partial charge >= 0.3 is 0 Å². The molecule has 0 bridgehead atoms. The summed E-state index contributed by atoms with van der Waals surface area (Å²) in [5.41, 5.74) is 0.228. The lowest BCUT2D eigenvalue weighted by molar-refractivity contribution is 0.0201. The molecular weight excluding hydrogens is 266 g/mol. The lowest BCUT2D eigenvalue weighted by atomic mass is 10.1. The molecule has 6 heteroatoms. The number of aromatic amines is 1. The lowest BCUT2D eigenvalue weighted by Crippen LogP contribution is -2.55. The van der Waals surface area contributed by atoms with Crippen molar-refractivity contribution < 1.29 is 5.11 Å². The van der Waals surface area contributed by atoms with Gasteiger partial charge in [-0.1, -0.05) is 0 Å². The second-order valence-electron chi connectivity index (χ2n) is 6.52. The lowest BCUT2D eigenvalue weighted by Gasteiger charge is -2.42. The molecule has 0 radical (unpaired) electrons. The van der Waals surface area contributed by atoms with Crippen LogP contribution in [0.25, 0.3) is 11.0 Å². The molecule has 1 atom stereocenters. The van der Waals surface area contributed by atoms with Crippen LogP contribution in [0.2, 0.25) is 0 Å². The predicted octanol–water partition coefficient (Wildman–Crippen LogP) is 1.24. The van der Waals surface area contributed by atoms with Crippen molar-refractivity contribution in [1.29, 1.82) is 0 Å². The molecule has 0 aromatic carbocycles. The number of hydrogen-bond acceptors (Lipinski definition) is 5. The first kappa shape index (κ1) is 14.3. The van der Waals surface area contributed by atoms with E-state index in [1.165, 1.54) is 0 Å². The molecular formula is C15H23N5O. The molecule has 0 saturated carbocycles. The third-order valence-electron chi connectivity index (χ3n) is 3.99. The Morgan fingerprint density at radius 3 is 2.90 bits per heavy atom. The summed E-state index contributed by atoms with van der Waals surface area (Å²) < 4.78 is 0. The summed E-state index contributed by atoms with van der Waals surface area (Å²) in [5, 5.41) is 11.1. The van der Waals surface area contributed by atoms with Crippen LogP contribution in [0.1, 0.15) is 20.8 Å². The van der Waals surface area contributed by atoms with Crippen LogP contribution in [-0.4, -0.2) is 62.8 Å². The molecule has 3 rings (SSSR count). The number of aromatic nitrogens is 3. The van der Waals surface area contributed by atoms with Gasteiger partial charge in [-0.05, 0) is 26.8 Å². The molecule has 114 valence electrons. The predicted molar refractivity (Wildman–Crippen MR) is 83.4 cm³/mol. The minimum absolute atomic E-state index is 0.383. The quantitative estimate of drug-likeness (QED) is 0.890. The van der Waals surface area contributed by atoms with E-state index < -0.39 is 5.60 Å². The summed E-state index contributed by atoms with van der Waals surface area (Å²) in [6.45, 7) is 9.38. The van der Waals surface area contributed by atoms with Gasteiger partial charge in [0.25, 0.3) is 0 Å². The molecule has 21 heavy (non-hydrogen) atoms. The van der Waals surface area contributed by atoms with Crippen LogP contribution >= 0.6 is 0 Å². The van der Waals surface area contributed by atoms with Gasteiger partial charge in [-0.15, -0.1) is 0 Å². The fourth-order valence-corrected chi connectivity index (χ4v) is 3.03. The third-order valence-corrected chi connectivity index (χ3v) is 3.99. The van der Waals surface area contributed by atoms with E-state index in [1.54, 1.807) is 6.33 Å². The van der Waals surface area contributed by atoms with Gasteiger partial charge in [0.1, 0.15) is 17.8 Å². The van der Waals surface area contributed by atoms with E-state index in [4.69, 9.17) is 0 Å². The summed E-state index contributed by atoms with van der Waals surface area (Å²) in [6.07, 6.45) is 3.51. The van der Waals surface area contributed by atoms with Gasteiger partial charge < -0.3 is 15.0 Å². The molecule has 1 aliphatic rings. The second-order valence-corrected chi connectivity index (χ2v) is 6.52. The van der Waals surface area contributed by atoms with Gasteiger partial charge in [0, 0.05) is 38.4 Å². The molecule has 0 spiro atoms. The highest BCUT2D eigenvalue weighted by molar-refractivity contribution is 5.87. The highest BCUT2D eigenvalue weighted by Gasteiger charge is 2.29. The number of aliphatic hydroxyl groups is 1. The van der Waals surface area contributed by atoms with Gasteiger partial charge in [-0.2, -0.15) is 0 Å². The number of nitrogens with zero attached hydrogens (tertiary/aromatic N) is 4. The second kappa shape index (κ2) is 5.27. The highest BCUT2D eigenvalue weighted by Crippen LogP contribution is 2.25. The first-order valence-electron chi connectivity index (χ1n) is 7.43. The van der Waals surface area contributed by atoms with Crippen LogP contribution in [0.15, 0.2) is 18.6 Å². The number of fused-ring (bicyclic) bond motifs is 1. The smallest absolute Gasteiger partial charge is 0.142 e. The van der Waals surface area contributed by atoms with Crippen molar-refractivity contribution in [3.63, 3.8) is 0 Å². The van der Waals surface area contributed by atoms with E-state index in [-0.39, 0.29) is 0 Å². The molecule has 1 unspecified atom stereocenters. The van der Waals surface area contributed by atoms with Gasteiger partial charge in [-0.25, -0.2) is 9.97 Å². The van der Waals surface area contributed by atoms with Crippen LogP contribution in [0.3, 0.4) is 0 Å². The SMILES string of the molecule is CC1CN(c2ncnc3[nH]ccc23)CCN1CC(C)(C)O. The molecule has 1 fully saturated rings. The van der Waals surface area contributed by atoms with Gasteiger partial charge in [0.2, 0.25) is 0 Å². The molecule has 1 aliphatic heterocycles. The maximum atomic E-state index is 10.0. The Balaban J connectivity index is 1.77. The van der Waals surface area contributed by atoms with Crippen molar-refractivity contribution in [1.82, 2.24) is 19.9 Å². The zero-order valence-electron chi connectivity index (χ0n) is 12.9. The van der Waals surface area contributed by atoms with Gasteiger partial charge in [-0.3, -0.25) is 4.90 Å². The fraction of sp³-hybridized carbons (Fsp3) is 0.600. The zero-order chi connectivity index (χ0) is 15.0. The Bertz CT molecular complexity index is 618. The topological polar surface area (TPSA) is 68.3 Å². The van der Waals surface area contributed by atoms with E-state index in [0.717, 1.165) is 36.5 Å². The third kappa shape index (κ3) is 3.01. The number of H-pyrrole nitrogens is 1. The maximum Gasteiger partial charge on any atom is 0.142 e.